The van der Waals surface area contributed by atoms with Gasteiger partial charge in [0.1, 0.15) is 0 Å². The van der Waals surface area contributed by atoms with E-state index >= 15 is 0 Å². The third-order valence-corrected chi connectivity index (χ3v) is 4.55. The lowest BCUT2D eigenvalue weighted by atomic mass is 9.90. The van der Waals surface area contributed by atoms with Crippen LogP contribution in [0.15, 0.2) is 30.3 Å². The summed E-state index contributed by atoms with van der Waals surface area (Å²) in [7, 11) is 4.11. The van der Waals surface area contributed by atoms with E-state index in [1.807, 2.05) is 0 Å². The van der Waals surface area contributed by atoms with Crippen LogP contribution >= 0.6 is 0 Å². The lowest BCUT2D eigenvalue weighted by Crippen LogP contribution is -2.42. The van der Waals surface area contributed by atoms with Gasteiger partial charge in [0.2, 0.25) is 5.91 Å². The summed E-state index contributed by atoms with van der Waals surface area (Å²) in [6, 6.07) is 10.7. The number of rotatable bonds is 8. The number of carbonyl (C=O) groups excluding carboxylic acids is 1. The number of benzene rings is 1. The molecule has 4 nitrogen and oxygen atoms in total. The predicted molar refractivity (Wildman–Crippen MR) is 95.5 cm³/mol. The van der Waals surface area contributed by atoms with E-state index in [9.17, 15) is 4.79 Å². The second kappa shape index (κ2) is 9.68. The highest BCUT2D eigenvalue weighted by molar-refractivity contribution is 5.77. The second-order valence-electron chi connectivity index (χ2n) is 6.92. The van der Waals surface area contributed by atoms with Crippen LogP contribution in [0.5, 0.6) is 0 Å². The number of amides is 1. The Labute approximate surface area is 140 Å². The molecule has 1 amide bonds. The van der Waals surface area contributed by atoms with Crippen LogP contribution in [0.4, 0.5) is 0 Å². The van der Waals surface area contributed by atoms with Gasteiger partial charge >= 0.3 is 0 Å². The van der Waals surface area contributed by atoms with Crippen LogP contribution in [0.3, 0.4) is 0 Å². The standard InChI is InChI=1S/C19H31N3O/c1-21(2)12-6-11-20-19(23)16-22-13-9-18(10-14-22)15-17-7-4-3-5-8-17/h3-5,7-8,18H,6,9-16H2,1-2H3,(H,20,23). The van der Waals surface area contributed by atoms with Gasteiger partial charge in [-0.05, 0) is 70.9 Å². The molecule has 0 bridgehead atoms. The minimum Gasteiger partial charge on any atom is -0.355 e. The molecule has 1 heterocycles. The third kappa shape index (κ3) is 7.14. The molecule has 1 aromatic carbocycles. The van der Waals surface area contributed by atoms with Crippen molar-refractivity contribution in [2.45, 2.75) is 25.7 Å². The molecular formula is C19H31N3O. The molecular weight excluding hydrogens is 286 g/mol. The van der Waals surface area contributed by atoms with E-state index in [-0.39, 0.29) is 5.91 Å². The molecule has 1 saturated heterocycles. The maximum Gasteiger partial charge on any atom is 0.234 e. The molecule has 23 heavy (non-hydrogen) atoms. The number of hydrogen-bond acceptors (Lipinski definition) is 3. The zero-order valence-corrected chi connectivity index (χ0v) is 14.6. The third-order valence-electron chi connectivity index (χ3n) is 4.55. The predicted octanol–water partition coefficient (Wildman–Crippen LogP) is 2.01. The van der Waals surface area contributed by atoms with E-state index < -0.39 is 0 Å². The Kier molecular flexibility index (Phi) is 7.56. The summed E-state index contributed by atoms with van der Waals surface area (Å²) < 4.78 is 0. The molecule has 128 valence electrons. The first-order valence-corrected chi connectivity index (χ1v) is 8.81. The lowest BCUT2D eigenvalue weighted by Gasteiger charge is -2.31. The number of likely N-dealkylation sites (tertiary alicyclic amines) is 1. The number of nitrogens with one attached hydrogen (secondary N) is 1. The van der Waals surface area contributed by atoms with Gasteiger partial charge in [-0.25, -0.2) is 0 Å². The van der Waals surface area contributed by atoms with Gasteiger partial charge in [-0.3, -0.25) is 9.69 Å². The van der Waals surface area contributed by atoms with Gasteiger partial charge in [-0.2, -0.15) is 0 Å². The fraction of sp³-hybridized carbons (Fsp3) is 0.632. The van der Waals surface area contributed by atoms with Gasteiger partial charge in [0, 0.05) is 6.54 Å². The largest absolute Gasteiger partial charge is 0.355 e. The highest BCUT2D eigenvalue weighted by Gasteiger charge is 2.20. The van der Waals surface area contributed by atoms with Crippen LogP contribution in [0, 0.1) is 5.92 Å². The van der Waals surface area contributed by atoms with Gasteiger partial charge in [-0.15, -0.1) is 0 Å². The molecule has 1 aromatic rings. The topological polar surface area (TPSA) is 35.6 Å². The van der Waals surface area contributed by atoms with Crippen LogP contribution < -0.4 is 5.32 Å². The molecule has 0 aliphatic carbocycles. The maximum atomic E-state index is 12.0. The molecule has 1 fully saturated rings. The number of nitrogens with zero attached hydrogens (tertiary/aromatic N) is 2. The van der Waals surface area contributed by atoms with Crippen LogP contribution in [0.1, 0.15) is 24.8 Å². The Morgan fingerprint density at radius 3 is 2.57 bits per heavy atom. The molecule has 0 saturated carbocycles. The summed E-state index contributed by atoms with van der Waals surface area (Å²) in [6.45, 7) is 4.44. The van der Waals surface area contributed by atoms with Gasteiger partial charge in [0.05, 0.1) is 6.54 Å². The Hall–Kier alpha value is -1.39. The lowest BCUT2D eigenvalue weighted by molar-refractivity contribution is -0.122. The van der Waals surface area contributed by atoms with Crippen LogP contribution in [-0.2, 0) is 11.2 Å². The minimum absolute atomic E-state index is 0.172. The molecule has 0 unspecified atom stereocenters. The molecule has 0 radical (unpaired) electrons. The van der Waals surface area contributed by atoms with Gasteiger partial charge in [0.15, 0.2) is 0 Å². The van der Waals surface area contributed by atoms with Gasteiger partial charge in [-0.1, -0.05) is 30.3 Å². The summed E-state index contributed by atoms with van der Waals surface area (Å²) in [5.74, 6) is 0.932. The number of hydrogen-bond donors (Lipinski definition) is 1. The number of piperidine rings is 1. The summed E-state index contributed by atoms with van der Waals surface area (Å²) in [4.78, 5) is 16.4. The molecule has 1 aliphatic heterocycles. The van der Waals surface area contributed by atoms with Crippen molar-refractivity contribution in [1.29, 1.82) is 0 Å². The Morgan fingerprint density at radius 2 is 1.91 bits per heavy atom. The summed E-state index contributed by atoms with van der Waals surface area (Å²) >= 11 is 0. The van der Waals surface area contributed by atoms with Crippen molar-refractivity contribution in [3.05, 3.63) is 35.9 Å². The van der Waals surface area contributed by atoms with Crippen molar-refractivity contribution in [1.82, 2.24) is 15.1 Å². The molecule has 1 N–H and O–H groups in total. The zero-order valence-electron chi connectivity index (χ0n) is 14.6. The Balaban J connectivity index is 1.60. The van der Waals surface area contributed by atoms with Crippen LogP contribution in [0.2, 0.25) is 0 Å². The first kappa shape index (κ1) is 18.0. The number of carbonyl (C=O) groups is 1. The molecule has 0 aromatic heterocycles. The summed E-state index contributed by atoms with van der Waals surface area (Å²) in [5, 5.41) is 3.03. The van der Waals surface area contributed by atoms with Gasteiger partial charge < -0.3 is 10.2 Å². The van der Waals surface area contributed by atoms with Crippen molar-refractivity contribution in [3.8, 4) is 0 Å². The Bertz CT molecular complexity index is 453. The van der Waals surface area contributed by atoms with Crippen molar-refractivity contribution >= 4 is 5.91 Å². The summed E-state index contributed by atoms with van der Waals surface area (Å²) in [5.41, 5.74) is 1.43. The van der Waals surface area contributed by atoms with Crippen molar-refractivity contribution in [3.63, 3.8) is 0 Å². The van der Waals surface area contributed by atoms with E-state index in [1.54, 1.807) is 0 Å². The van der Waals surface area contributed by atoms with Crippen molar-refractivity contribution in [2.24, 2.45) is 5.92 Å². The summed E-state index contributed by atoms with van der Waals surface area (Å²) in [6.07, 6.45) is 4.58. The highest BCUT2D eigenvalue weighted by atomic mass is 16.2. The highest BCUT2D eigenvalue weighted by Crippen LogP contribution is 2.21. The first-order chi connectivity index (χ1) is 11.1. The smallest absolute Gasteiger partial charge is 0.234 e. The fourth-order valence-corrected chi connectivity index (χ4v) is 3.18. The van der Waals surface area contributed by atoms with Crippen molar-refractivity contribution in [2.75, 3.05) is 46.8 Å². The normalized spacial score (nSPS) is 16.7. The van der Waals surface area contributed by atoms with Crippen molar-refractivity contribution < 1.29 is 4.79 Å². The second-order valence-corrected chi connectivity index (χ2v) is 6.92. The first-order valence-electron chi connectivity index (χ1n) is 8.81. The molecule has 0 spiro atoms. The molecule has 4 heteroatoms. The van der Waals surface area contributed by atoms with E-state index in [4.69, 9.17) is 0 Å². The maximum absolute atomic E-state index is 12.0. The molecule has 1 aliphatic rings. The SMILES string of the molecule is CN(C)CCCNC(=O)CN1CCC(Cc2ccccc2)CC1. The van der Waals surface area contributed by atoms with Crippen LogP contribution in [-0.4, -0.2) is 62.5 Å². The Morgan fingerprint density at radius 1 is 1.22 bits per heavy atom. The van der Waals surface area contributed by atoms with Crippen LogP contribution in [0.25, 0.3) is 0 Å². The molecule has 0 atom stereocenters. The average molecular weight is 317 g/mol. The monoisotopic (exact) mass is 317 g/mol. The van der Waals surface area contributed by atoms with Gasteiger partial charge in [0.25, 0.3) is 0 Å². The zero-order chi connectivity index (χ0) is 16.5. The van der Waals surface area contributed by atoms with E-state index in [0.717, 1.165) is 38.5 Å². The fourth-order valence-electron chi connectivity index (χ4n) is 3.18. The average Bonchev–Trinajstić information content (AvgIpc) is 2.54. The van der Waals surface area contributed by atoms with E-state index in [0.29, 0.717) is 6.54 Å². The molecule has 2 rings (SSSR count). The minimum atomic E-state index is 0.172. The van der Waals surface area contributed by atoms with E-state index in [2.05, 4.69) is 59.5 Å². The van der Waals surface area contributed by atoms with E-state index in [1.165, 1.54) is 24.8 Å². The quantitative estimate of drug-likeness (QED) is 0.745.